The number of hydrogen-bond acceptors (Lipinski definition) is 4. The van der Waals surface area contributed by atoms with Crippen molar-refractivity contribution in [2.45, 2.75) is 6.92 Å². The minimum absolute atomic E-state index is 0.294. The maximum absolute atomic E-state index is 12.2. The Bertz CT molecular complexity index is 632. The van der Waals surface area contributed by atoms with Gasteiger partial charge >= 0.3 is 0 Å². The van der Waals surface area contributed by atoms with E-state index in [4.69, 9.17) is 10.5 Å². The molecule has 1 heterocycles. The van der Waals surface area contributed by atoms with E-state index in [9.17, 15) is 4.79 Å². The van der Waals surface area contributed by atoms with Crippen molar-refractivity contribution in [3.05, 3.63) is 46.6 Å². The molecule has 5 nitrogen and oxygen atoms in total. The van der Waals surface area contributed by atoms with Gasteiger partial charge in [0.05, 0.1) is 11.1 Å². The summed E-state index contributed by atoms with van der Waals surface area (Å²) in [5.74, 6) is 0.730. The Kier molecular flexibility index (Phi) is 4.57. The second kappa shape index (κ2) is 6.38. The highest BCUT2D eigenvalue weighted by molar-refractivity contribution is 9.10. The molecule has 2 rings (SSSR count). The number of nitrogen functional groups attached to an aromatic ring is 1. The number of carbonyl (C=O) groups excluding carboxylic acids is 1. The summed E-state index contributed by atoms with van der Waals surface area (Å²) < 4.78 is 6.08. The van der Waals surface area contributed by atoms with E-state index in [2.05, 4.69) is 26.2 Å². The van der Waals surface area contributed by atoms with E-state index in [0.29, 0.717) is 33.9 Å². The van der Waals surface area contributed by atoms with Crippen LogP contribution in [-0.2, 0) is 0 Å². The van der Waals surface area contributed by atoms with Crippen molar-refractivity contribution in [2.24, 2.45) is 0 Å². The van der Waals surface area contributed by atoms with Crippen molar-refractivity contribution < 1.29 is 9.53 Å². The number of nitrogens with one attached hydrogen (secondary N) is 1. The van der Waals surface area contributed by atoms with Gasteiger partial charge in [-0.3, -0.25) is 4.79 Å². The molecule has 6 heteroatoms. The van der Waals surface area contributed by atoms with E-state index in [1.165, 1.54) is 0 Å². The Morgan fingerprint density at radius 3 is 2.95 bits per heavy atom. The highest BCUT2D eigenvalue weighted by atomic mass is 79.9. The number of amides is 1. The van der Waals surface area contributed by atoms with Gasteiger partial charge in [-0.2, -0.15) is 0 Å². The maximum atomic E-state index is 12.2. The normalized spacial score (nSPS) is 10.1. The van der Waals surface area contributed by atoms with Crippen LogP contribution in [0.3, 0.4) is 0 Å². The van der Waals surface area contributed by atoms with Gasteiger partial charge in [-0.1, -0.05) is 0 Å². The average molecular weight is 336 g/mol. The van der Waals surface area contributed by atoms with Gasteiger partial charge in [0.15, 0.2) is 0 Å². The lowest BCUT2D eigenvalue weighted by Gasteiger charge is -2.09. The molecule has 0 spiro atoms. The summed E-state index contributed by atoms with van der Waals surface area (Å²) >= 11 is 3.32. The number of ether oxygens (including phenoxy) is 1. The number of pyridine rings is 1. The molecular weight excluding hydrogens is 322 g/mol. The first kappa shape index (κ1) is 14.3. The zero-order valence-corrected chi connectivity index (χ0v) is 12.5. The van der Waals surface area contributed by atoms with Gasteiger partial charge in [-0.15, -0.1) is 0 Å². The fourth-order valence-electron chi connectivity index (χ4n) is 1.66. The standard InChI is InChI=1S/C14H14BrN3O2/c1-2-20-11-7-9(6-10(16)8-11)14(19)18-13-12(15)4-3-5-17-13/h3-8H,2,16H2,1H3,(H,17,18,19). The van der Waals surface area contributed by atoms with Gasteiger partial charge in [-0.05, 0) is 47.1 Å². The van der Waals surface area contributed by atoms with Crippen LogP contribution in [0.25, 0.3) is 0 Å². The number of halogens is 1. The Morgan fingerprint density at radius 2 is 2.25 bits per heavy atom. The number of hydrogen-bond donors (Lipinski definition) is 2. The lowest BCUT2D eigenvalue weighted by atomic mass is 10.1. The molecule has 1 amide bonds. The van der Waals surface area contributed by atoms with Crippen LogP contribution in [0, 0.1) is 0 Å². The SMILES string of the molecule is CCOc1cc(N)cc(C(=O)Nc2ncccc2Br)c1. The smallest absolute Gasteiger partial charge is 0.257 e. The third kappa shape index (κ3) is 3.48. The predicted molar refractivity (Wildman–Crippen MR) is 81.9 cm³/mol. The van der Waals surface area contributed by atoms with Crippen LogP contribution >= 0.6 is 15.9 Å². The Balaban J connectivity index is 2.23. The number of rotatable bonds is 4. The summed E-state index contributed by atoms with van der Waals surface area (Å²) in [7, 11) is 0. The summed E-state index contributed by atoms with van der Waals surface area (Å²) in [6, 6.07) is 8.48. The van der Waals surface area contributed by atoms with Gasteiger partial charge in [0, 0.05) is 23.5 Å². The Labute approximate surface area is 125 Å². The van der Waals surface area contributed by atoms with Crippen molar-refractivity contribution in [2.75, 3.05) is 17.7 Å². The maximum Gasteiger partial charge on any atom is 0.257 e. The second-order valence-electron chi connectivity index (χ2n) is 4.01. The highest BCUT2D eigenvalue weighted by Gasteiger charge is 2.11. The van der Waals surface area contributed by atoms with Crippen LogP contribution < -0.4 is 15.8 Å². The van der Waals surface area contributed by atoms with Gasteiger partial charge in [-0.25, -0.2) is 4.98 Å². The monoisotopic (exact) mass is 335 g/mol. The molecule has 0 aliphatic rings. The molecular formula is C14H14BrN3O2. The summed E-state index contributed by atoms with van der Waals surface area (Å²) in [6.07, 6.45) is 1.60. The molecule has 104 valence electrons. The van der Waals surface area contributed by atoms with Crippen LogP contribution in [0.5, 0.6) is 5.75 Å². The van der Waals surface area contributed by atoms with E-state index < -0.39 is 0 Å². The molecule has 1 aromatic carbocycles. The first-order valence-electron chi connectivity index (χ1n) is 6.05. The van der Waals surface area contributed by atoms with E-state index in [1.807, 2.05) is 6.92 Å². The number of anilines is 2. The first-order chi connectivity index (χ1) is 9.60. The van der Waals surface area contributed by atoms with Crippen LogP contribution in [0.15, 0.2) is 41.0 Å². The third-order valence-electron chi connectivity index (χ3n) is 2.49. The predicted octanol–water partition coefficient (Wildman–Crippen LogP) is 3.08. The molecule has 3 N–H and O–H groups in total. The van der Waals surface area contributed by atoms with Gasteiger partial charge in [0.2, 0.25) is 0 Å². The zero-order valence-electron chi connectivity index (χ0n) is 10.9. The largest absolute Gasteiger partial charge is 0.494 e. The van der Waals surface area contributed by atoms with Gasteiger partial charge < -0.3 is 15.8 Å². The minimum Gasteiger partial charge on any atom is -0.494 e. The molecule has 20 heavy (non-hydrogen) atoms. The van der Waals surface area contributed by atoms with Crippen LogP contribution in [0.2, 0.25) is 0 Å². The van der Waals surface area contributed by atoms with E-state index >= 15 is 0 Å². The van der Waals surface area contributed by atoms with Crippen molar-refractivity contribution in [1.82, 2.24) is 4.98 Å². The molecule has 2 aromatic rings. The number of benzene rings is 1. The zero-order chi connectivity index (χ0) is 14.5. The average Bonchev–Trinajstić information content (AvgIpc) is 2.41. The lowest BCUT2D eigenvalue weighted by molar-refractivity contribution is 0.102. The molecule has 0 aliphatic carbocycles. The van der Waals surface area contributed by atoms with E-state index in [-0.39, 0.29) is 5.91 Å². The van der Waals surface area contributed by atoms with Crippen molar-refractivity contribution in [3.8, 4) is 5.75 Å². The van der Waals surface area contributed by atoms with Crippen molar-refractivity contribution in [1.29, 1.82) is 0 Å². The molecule has 0 saturated carbocycles. The molecule has 0 atom stereocenters. The topological polar surface area (TPSA) is 77.2 Å². The highest BCUT2D eigenvalue weighted by Crippen LogP contribution is 2.22. The number of aromatic nitrogens is 1. The molecule has 1 aromatic heterocycles. The van der Waals surface area contributed by atoms with Crippen LogP contribution in [0.4, 0.5) is 11.5 Å². The van der Waals surface area contributed by atoms with E-state index in [0.717, 1.165) is 0 Å². The fraction of sp³-hybridized carbons (Fsp3) is 0.143. The van der Waals surface area contributed by atoms with Crippen LogP contribution in [-0.4, -0.2) is 17.5 Å². The fourth-order valence-corrected chi connectivity index (χ4v) is 2.01. The summed E-state index contributed by atoms with van der Waals surface area (Å²) in [5, 5.41) is 2.72. The van der Waals surface area contributed by atoms with Gasteiger partial charge in [0.1, 0.15) is 11.6 Å². The third-order valence-corrected chi connectivity index (χ3v) is 3.13. The Morgan fingerprint density at radius 1 is 1.45 bits per heavy atom. The molecule has 0 fully saturated rings. The van der Waals surface area contributed by atoms with Gasteiger partial charge in [0.25, 0.3) is 5.91 Å². The molecule has 0 radical (unpaired) electrons. The Hall–Kier alpha value is -2.08. The van der Waals surface area contributed by atoms with Crippen molar-refractivity contribution in [3.63, 3.8) is 0 Å². The number of carbonyl (C=O) groups is 1. The summed E-state index contributed by atoms with van der Waals surface area (Å²) in [4.78, 5) is 16.3. The molecule has 0 bridgehead atoms. The van der Waals surface area contributed by atoms with Crippen LogP contribution in [0.1, 0.15) is 17.3 Å². The van der Waals surface area contributed by atoms with Crippen molar-refractivity contribution >= 4 is 33.3 Å². The lowest BCUT2D eigenvalue weighted by Crippen LogP contribution is -2.14. The summed E-state index contributed by atoms with van der Waals surface area (Å²) in [6.45, 7) is 2.38. The molecule has 0 aliphatic heterocycles. The number of nitrogens with zero attached hydrogens (tertiary/aromatic N) is 1. The first-order valence-corrected chi connectivity index (χ1v) is 6.84. The number of nitrogens with two attached hydrogens (primary N) is 1. The quantitative estimate of drug-likeness (QED) is 0.841. The molecule has 0 saturated heterocycles. The minimum atomic E-state index is -0.294. The summed E-state index contributed by atoms with van der Waals surface area (Å²) in [5.41, 5.74) is 6.66. The molecule has 0 unspecified atom stereocenters. The van der Waals surface area contributed by atoms with E-state index in [1.54, 1.807) is 36.5 Å². The second-order valence-corrected chi connectivity index (χ2v) is 4.87.